The Labute approximate surface area is 52.1 Å². The molecule has 0 amide bonds. The molecule has 0 aliphatic heterocycles. The van der Waals surface area contributed by atoms with Crippen LogP contribution in [0.3, 0.4) is 0 Å². The Morgan fingerprint density at radius 1 is 1.44 bits per heavy atom. The molecule has 1 atom stereocenters. The molecule has 0 aromatic carbocycles. The van der Waals surface area contributed by atoms with E-state index in [4.69, 9.17) is 0 Å². The van der Waals surface area contributed by atoms with Gasteiger partial charge >= 0.3 is 0 Å². The van der Waals surface area contributed by atoms with Crippen molar-refractivity contribution in [2.75, 3.05) is 0 Å². The highest BCUT2D eigenvalue weighted by atomic mass is 16.4. The standard InChI is InChI=1S/C5H8O4/c1-3(5(8)9)2-4(6)7/h3H,2H2,1H3,(H,6,7)(H,8,9)/p-2/t3-/m1/s1. The fraction of sp³-hybridized carbons (Fsp3) is 0.600. The number of rotatable bonds is 3. The van der Waals surface area contributed by atoms with Gasteiger partial charge in [0.1, 0.15) is 0 Å². The molecule has 0 heterocycles. The van der Waals surface area contributed by atoms with Gasteiger partial charge in [-0.1, -0.05) is 6.92 Å². The van der Waals surface area contributed by atoms with Crippen LogP contribution in [0, 0.1) is 5.92 Å². The molecular weight excluding hydrogens is 124 g/mol. The van der Waals surface area contributed by atoms with Crippen LogP contribution in [0.1, 0.15) is 13.3 Å². The van der Waals surface area contributed by atoms with Crippen LogP contribution in [0.5, 0.6) is 0 Å². The van der Waals surface area contributed by atoms with E-state index in [9.17, 15) is 19.8 Å². The normalized spacial score (nSPS) is 12.6. The molecule has 0 bridgehead atoms. The molecule has 0 N–H and O–H groups in total. The molecule has 52 valence electrons. The van der Waals surface area contributed by atoms with Crippen molar-refractivity contribution >= 4 is 11.9 Å². The van der Waals surface area contributed by atoms with Crippen LogP contribution in [-0.4, -0.2) is 11.9 Å². The molecule has 0 aliphatic carbocycles. The predicted octanol–water partition coefficient (Wildman–Crippen LogP) is -2.49. The minimum Gasteiger partial charge on any atom is -0.550 e. The molecule has 0 aliphatic rings. The summed E-state index contributed by atoms with van der Waals surface area (Å²) in [5, 5.41) is 19.5. The van der Waals surface area contributed by atoms with Gasteiger partial charge in [-0.15, -0.1) is 0 Å². The number of carboxylic acid groups (broad SMARTS) is 2. The Hall–Kier alpha value is -1.06. The first kappa shape index (κ1) is 7.94. The van der Waals surface area contributed by atoms with E-state index in [-0.39, 0.29) is 0 Å². The number of hydrogen-bond donors (Lipinski definition) is 0. The molecular formula is C5H6O4-2. The molecule has 0 unspecified atom stereocenters. The second-order valence-electron chi connectivity index (χ2n) is 1.80. The quantitative estimate of drug-likeness (QED) is 0.423. The summed E-state index contributed by atoms with van der Waals surface area (Å²) in [5.74, 6) is -3.69. The van der Waals surface area contributed by atoms with Gasteiger partial charge in [0.05, 0.1) is 0 Å². The lowest BCUT2D eigenvalue weighted by Crippen LogP contribution is -2.34. The fourth-order valence-corrected chi connectivity index (χ4v) is 0.333. The van der Waals surface area contributed by atoms with Gasteiger partial charge in [-0.3, -0.25) is 0 Å². The van der Waals surface area contributed by atoms with Crippen LogP contribution in [0.25, 0.3) is 0 Å². The Morgan fingerprint density at radius 2 is 1.89 bits per heavy atom. The van der Waals surface area contributed by atoms with Crippen LogP contribution in [0.15, 0.2) is 0 Å². The second-order valence-corrected chi connectivity index (χ2v) is 1.80. The van der Waals surface area contributed by atoms with E-state index >= 15 is 0 Å². The lowest BCUT2D eigenvalue weighted by Gasteiger charge is -2.11. The summed E-state index contributed by atoms with van der Waals surface area (Å²) in [7, 11) is 0. The molecule has 0 aromatic rings. The van der Waals surface area contributed by atoms with Gasteiger partial charge in [0.25, 0.3) is 0 Å². The van der Waals surface area contributed by atoms with Crippen LogP contribution in [0.2, 0.25) is 0 Å². The Morgan fingerprint density at radius 3 is 2.00 bits per heavy atom. The third-order valence-electron chi connectivity index (χ3n) is 0.875. The zero-order chi connectivity index (χ0) is 7.44. The number of hydrogen-bond acceptors (Lipinski definition) is 4. The van der Waals surface area contributed by atoms with Crippen molar-refractivity contribution in [1.29, 1.82) is 0 Å². The summed E-state index contributed by atoms with van der Waals surface area (Å²) in [6.07, 6.45) is -0.484. The van der Waals surface area contributed by atoms with Crippen molar-refractivity contribution in [2.24, 2.45) is 5.92 Å². The van der Waals surface area contributed by atoms with Crippen molar-refractivity contribution in [3.8, 4) is 0 Å². The summed E-state index contributed by atoms with van der Waals surface area (Å²) in [6.45, 7) is 1.26. The van der Waals surface area contributed by atoms with Gasteiger partial charge in [0.2, 0.25) is 0 Å². The highest BCUT2D eigenvalue weighted by Gasteiger charge is 2.00. The monoisotopic (exact) mass is 130 g/mol. The van der Waals surface area contributed by atoms with Gasteiger partial charge in [0.15, 0.2) is 0 Å². The first-order valence-electron chi connectivity index (χ1n) is 2.44. The minimum absolute atomic E-state index is 0.484. The molecule has 9 heavy (non-hydrogen) atoms. The number of carboxylic acids is 2. The van der Waals surface area contributed by atoms with E-state index in [2.05, 4.69) is 0 Å². The predicted molar refractivity (Wildman–Crippen MR) is 23.8 cm³/mol. The van der Waals surface area contributed by atoms with E-state index in [0.717, 1.165) is 0 Å². The van der Waals surface area contributed by atoms with Gasteiger partial charge in [-0.05, 0) is 6.42 Å². The topological polar surface area (TPSA) is 80.3 Å². The van der Waals surface area contributed by atoms with Crippen LogP contribution in [-0.2, 0) is 9.59 Å². The molecule has 4 heteroatoms. The van der Waals surface area contributed by atoms with Crippen molar-refractivity contribution in [3.05, 3.63) is 0 Å². The highest BCUT2D eigenvalue weighted by Crippen LogP contribution is 1.96. The summed E-state index contributed by atoms with van der Waals surface area (Å²) in [6, 6.07) is 0. The second kappa shape index (κ2) is 3.06. The third-order valence-corrected chi connectivity index (χ3v) is 0.875. The van der Waals surface area contributed by atoms with Gasteiger partial charge in [0, 0.05) is 17.9 Å². The van der Waals surface area contributed by atoms with E-state index in [1.54, 1.807) is 0 Å². The number of carbonyl (C=O) groups is 2. The molecule has 0 aromatic heterocycles. The summed E-state index contributed by atoms with van der Waals surface area (Å²) in [4.78, 5) is 19.5. The minimum atomic E-state index is -1.37. The smallest absolute Gasteiger partial charge is 0.0446 e. The van der Waals surface area contributed by atoms with Crippen molar-refractivity contribution in [1.82, 2.24) is 0 Å². The average molecular weight is 130 g/mol. The van der Waals surface area contributed by atoms with Crippen molar-refractivity contribution in [2.45, 2.75) is 13.3 Å². The van der Waals surface area contributed by atoms with Crippen LogP contribution in [0.4, 0.5) is 0 Å². The van der Waals surface area contributed by atoms with E-state index in [1.165, 1.54) is 6.92 Å². The van der Waals surface area contributed by atoms with E-state index in [0.29, 0.717) is 0 Å². The first-order valence-corrected chi connectivity index (χ1v) is 2.44. The Balaban J connectivity index is 3.63. The maximum atomic E-state index is 9.83. The van der Waals surface area contributed by atoms with Crippen LogP contribution < -0.4 is 10.2 Å². The molecule has 0 rings (SSSR count). The number of aliphatic carboxylic acids is 2. The van der Waals surface area contributed by atoms with Gasteiger partial charge in [-0.2, -0.15) is 0 Å². The Kier molecular flexibility index (Phi) is 2.70. The Bertz CT molecular complexity index is 129. The summed E-state index contributed by atoms with van der Waals surface area (Å²) in [5.41, 5.74) is 0. The zero-order valence-electron chi connectivity index (χ0n) is 4.92. The third kappa shape index (κ3) is 3.52. The molecule has 0 saturated heterocycles. The van der Waals surface area contributed by atoms with Gasteiger partial charge < -0.3 is 19.8 Å². The average Bonchev–Trinajstić information content (AvgIpc) is 1.63. The van der Waals surface area contributed by atoms with E-state index < -0.39 is 24.3 Å². The summed E-state index contributed by atoms with van der Waals surface area (Å²) < 4.78 is 0. The lowest BCUT2D eigenvalue weighted by molar-refractivity contribution is -0.320. The SMILES string of the molecule is C[C@H](CC(=O)[O-])C(=O)[O-]. The van der Waals surface area contributed by atoms with E-state index in [1.807, 2.05) is 0 Å². The largest absolute Gasteiger partial charge is 0.550 e. The molecule has 0 radical (unpaired) electrons. The first-order chi connectivity index (χ1) is 4.04. The van der Waals surface area contributed by atoms with Crippen molar-refractivity contribution < 1.29 is 19.8 Å². The number of carbonyl (C=O) groups excluding carboxylic acids is 2. The fourth-order valence-electron chi connectivity index (χ4n) is 0.333. The summed E-state index contributed by atoms with van der Waals surface area (Å²) >= 11 is 0. The lowest BCUT2D eigenvalue weighted by atomic mass is 10.1. The highest BCUT2D eigenvalue weighted by molar-refractivity contribution is 5.74. The van der Waals surface area contributed by atoms with Gasteiger partial charge in [-0.25, -0.2) is 0 Å². The maximum absolute atomic E-state index is 9.83. The van der Waals surface area contributed by atoms with Crippen LogP contribution >= 0.6 is 0 Å². The molecule has 0 saturated carbocycles. The molecule has 4 nitrogen and oxygen atoms in total. The molecule has 0 spiro atoms. The zero-order valence-corrected chi connectivity index (χ0v) is 4.92. The molecule has 0 fully saturated rings. The maximum Gasteiger partial charge on any atom is 0.0446 e. The van der Waals surface area contributed by atoms with Crippen molar-refractivity contribution in [3.63, 3.8) is 0 Å².